The van der Waals surface area contributed by atoms with Crippen molar-refractivity contribution in [3.8, 4) is 0 Å². The van der Waals surface area contributed by atoms with E-state index in [9.17, 15) is 4.39 Å². The van der Waals surface area contributed by atoms with Crippen molar-refractivity contribution < 1.29 is 4.39 Å². The fourth-order valence-electron chi connectivity index (χ4n) is 2.61. The molecule has 0 aliphatic carbocycles. The molecule has 4 aromatic rings. The molecule has 0 unspecified atom stereocenters. The Balaban J connectivity index is 1.73. The van der Waals surface area contributed by atoms with Gasteiger partial charge in [-0.15, -0.1) is 5.10 Å². The maximum absolute atomic E-state index is 14.0. The molecule has 1 aromatic carbocycles. The van der Waals surface area contributed by atoms with Crippen LogP contribution in [-0.2, 0) is 0 Å². The second-order valence-electron chi connectivity index (χ2n) is 5.72. The van der Waals surface area contributed by atoms with Gasteiger partial charge in [0.2, 0.25) is 0 Å². The average molecular weight is 354 g/mol. The van der Waals surface area contributed by atoms with E-state index in [1.54, 1.807) is 41.1 Å². The highest BCUT2D eigenvalue weighted by Crippen LogP contribution is 2.22. The van der Waals surface area contributed by atoms with E-state index in [1.165, 1.54) is 6.07 Å². The topological polar surface area (TPSA) is 56.0 Å². The Bertz CT molecular complexity index is 1110. The normalized spacial score (nSPS) is 11.8. The molecule has 0 radical (unpaired) electrons. The molecule has 0 saturated carbocycles. The summed E-state index contributed by atoms with van der Waals surface area (Å²) in [6.45, 7) is 3.80. The van der Waals surface area contributed by atoms with Crippen LogP contribution in [0.1, 0.15) is 22.9 Å². The largest absolute Gasteiger partial charge is 0.256 e. The number of aromatic nitrogens is 5. The smallest absolute Gasteiger partial charge is 0.177 e. The summed E-state index contributed by atoms with van der Waals surface area (Å²) in [5.41, 5.74) is 3.31. The van der Waals surface area contributed by atoms with Crippen LogP contribution >= 0.6 is 11.6 Å². The number of hydrogen-bond donors (Lipinski definition) is 0. The molecule has 0 N–H and O–H groups in total. The summed E-state index contributed by atoms with van der Waals surface area (Å²) in [6, 6.07) is 6.52. The van der Waals surface area contributed by atoms with E-state index in [4.69, 9.17) is 11.6 Å². The molecular formula is C18H13ClFN5. The van der Waals surface area contributed by atoms with Crippen LogP contribution in [-0.4, -0.2) is 24.6 Å². The van der Waals surface area contributed by atoms with E-state index >= 15 is 0 Å². The summed E-state index contributed by atoms with van der Waals surface area (Å²) in [5.74, 6) is 0.0959. The van der Waals surface area contributed by atoms with Gasteiger partial charge in [0.1, 0.15) is 5.52 Å². The Kier molecular flexibility index (Phi) is 3.69. The van der Waals surface area contributed by atoms with Crippen molar-refractivity contribution in [2.24, 2.45) is 0 Å². The van der Waals surface area contributed by atoms with Crippen molar-refractivity contribution in [2.75, 3.05) is 0 Å². The predicted octanol–water partition coefficient (Wildman–Crippen LogP) is 4.25. The van der Waals surface area contributed by atoms with Crippen molar-refractivity contribution >= 4 is 40.3 Å². The van der Waals surface area contributed by atoms with Crippen LogP contribution < -0.4 is 0 Å². The monoisotopic (exact) mass is 353 g/mol. The zero-order chi connectivity index (χ0) is 17.6. The lowest BCUT2D eigenvalue weighted by Crippen LogP contribution is -1.97. The lowest BCUT2D eigenvalue weighted by molar-refractivity contribution is 0.637. The Morgan fingerprint density at radius 2 is 1.96 bits per heavy atom. The predicted molar refractivity (Wildman–Crippen MR) is 95.9 cm³/mol. The molecule has 3 heterocycles. The summed E-state index contributed by atoms with van der Waals surface area (Å²) in [4.78, 5) is 13.1. The van der Waals surface area contributed by atoms with Crippen LogP contribution in [0.2, 0.25) is 5.02 Å². The zero-order valence-corrected chi connectivity index (χ0v) is 14.3. The summed E-state index contributed by atoms with van der Waals surface area (Å²) in [5, 5.41) is 5.45. The minimum atomic E-state index is -0.444. The van der Waals surface area contributed by atoms with Crippen LogP contribution in [0.25, 0.3) is 28.7 Å². The molecular weight excluding hydrogens is 341 g/mol. The summed E-state index contributed by atoms with van der Waals surface area (Å²) in [6.07, 6.45) is 5.25. The van der Waals surface area contributed by atoms with Gasteiger partial charge in [-0.2, -0.15) is 0 Å². The molecule has 0 atom stereocenters. The molecule has 0 spiro atoms. The highest BCUT2D eigenvalue weighted by atomic mass is 35.5. The van der Waals surface area contributed by atoms with E-state index in [0.29, 0.717) is 27.6 Å². The molecule has 0 aliphatic heterocycles. The second kappa shape index (κ2) is 5.89. The fourth-order valence-corrected chi connectivity index (χ4v) is 2.82. The van der Waals surface area contributed by atoms with Gasteiger partial charge in [-0.05, 0) is 44.2 Å². The standard InChI is InChI=1S/C18H13ClFN5/c1-10-9-21-11(2)18-23-16(24-25(10)18)6-5-14-4-3-12-7-13(19)8-15(20)17(12)22-14/h3-9H,1-2H3. The molecule has 124 valence electrons. The summed E-state index contributed by atoms with van der Waals surface area (Å²) in [7, 11) is 0. The Hall–Kier alpha value is -2.86. The third-order valence-electron chi connectivity index (χ3n) is 3.86. The molecule has 0 saturated heterocycles. The SMILES string of the molecule is Cc1ncc(C)n2nc(C=Cc3ccc4cc(Cl)cc(F)c4n3)nc12. The van der Waals surface area contributed by atoms with Gasteiger partial charge in [-0.3, -0.25) is 4.98 Å². The van der Waals surface area contributed by atoms with Crippen molar-refractivity contribution in [3.63, 3.8) is 0 Å². The van der Waals surface area contributed by atoms with Gasteiger partial charge < -0.3 is 0 Å². The van der Waals surface area contributed by atoms with Gasteiger partial charge >= 0.3 is 0 Å². The molecule has 7 heteroatoms. The number of fused-ring (bicyclic) bond motifs is 2. The van der Waals surface area contributed by atoms with Crippen LogP contribution in [0.4, 0.5) is 4.39 Å². The van der Waals surface area contributed by atoms with Crippen molar-refractivity contribution in [3.05, 3.63) is 64.2 Å². The number of nitrogens with zero attached hydrogens (tertiary/aromatic N) is 5. The summed E-state index contributed by atoms with van der Waals surface area (Å²) < 4.78 is 15.8. The Labute approximate surface area is 147 Å². The van der Waals surface area contributed by atoms with Gasteiger partial charge in [0.25, 0.3) is 0 Å². The van der Waals surface area contributed by atoms with Gasteiger partial charge in [0.05, 0.1) is 17.1 Å². The first-order valence-electron chi connectivity index (χ1n) is 7.64. The van der Waals surface area contributed by atoms with Gasteiger partial charge in [-0.25, -0.2) is 18.9 Å². The first-order valence-corrected chi connectivity index (χ1v) is 8.02. The first kappa shape index (κ1) is 15.7. The van der Waals surface area contributed by atoms with Crippen LogP contribution in [0.5, 0.6) is 0 Å². The van der Waals surface area contributed by atoms with Crippen molar-refractivity contribution in [1.82, 2.24) is 24.6 Å². The van der Waals surface area contributed by atoms with Gasteiger partial charge in [0.15, 0.2) is 17.3 Å². The maximum atomic E-state index is 14.0. The van der Waals surface area contributed by atoms with Crippen molar-refractivity contribution in [1.29, 1.82) is 0 Å². The van der Waals surface area contributed by atoms with Crippen LogP contribution in [0, 0.1) is 19.7 Å². The second-order valence-corrected chi connectivity index (χ2v) is 6.16. The van der Waals surface area contributed by atoms with Gasteiger partial charge in [0, 0.05) is 16.6 Å². The van der Waals surface area contributed by atoms with E-state index < -0.39 is 5.82 Å². The van der Waals surface area contributed by atoms with Crippen LogP contribution in [0.15, 0.2) is 30.5 Å². The molecule has 4 rings (SSSR count). The third-order valence-corrected chi connectivity index (χ3v) is 4.08. The minimum absolute atomic E-state index is 0.283. The quantitative estimate of drug-likeness (QED) is 0.540. The van der Waals surface area contributed by atoms with E-state index in [1.807, 2.05) is 13.8 Å². The summed E-state index contributed by atoms with van der Waals surface area (Å²) >= 11 is 5.86. The lowest BCUT2D eigenvalue weighted by atomic mass is 10.2. The van der Waals surface area contributed by atoms with Gasteiger partial charge in [-0.1, -0.05) is 17.7 Å². The lowest BCUT2D eigenvalue weighted by Gasteiger charge is -2.01. The molecule has 0 bridgehead atoms. The number of halogens is 2. The highest BCUT2D eigenvalue weighted by Gasteiger charge is 2.08. The molecule has 25 heavy (non-hydrogen) atoms. The minimum Gasteiger partial charge on any atom is -0.256 e. The fraction of sp³-hybridized carbons (Fsp3) is 0.111. The number of aryl methyl sites for hydroxylation is 2. The molecule has 0 aliphatic rings. The Morgan fingerprint density at radius 1 is 1.12 bits per heavy atom. The van der Waals surface area contributed by atoms with Crippen molar-refractivity contribution in [2.45, 2.75) is 13.8 Å². The first-order chi connectivity index (χ1) is 12.0. The Morgan fingerprint density at radius 3 is 2.76 bits per heavy atom. The highest BCUT2D eigenvalue weighted by molar-refractivity contribution is 6.31. The third kappa shape index (κ3) is 2.85. The average Bonchev–Trinajstić information content (AvgIpc) is 3.02. The molecule has 0 amide bonds. The zero-order valence-electron chi connectivity index (χ0n) is 13.5. The van der Waals surface area contributed by atoms with Crippen LogP contribution in [0.3, 0.4) is 0 Å². The number of pyridine rings is 1. The van der Waals surface area contributed by atoms with E-state index in [0.717, 1.165) is 11.4 Å². The maximum Gasteiger partial charge on any atom is 0.177 e. The molecule has 5 nitrogen and oxygen atoms in total. The number of hydrogen-bond acceptors (Lipinski definition) is 4. The molecule has 3 aromatic heterocycles. The number of rotatable bonds is 2. The number of benzene rings is 1. The van der Waals surface area contributed by atoms with E-state index in [2.05, 4.69) is 20.1 Å². The molecule has 0 fully saturated rings. The van der Waals surface area contributed by atoms with E-state index in [-0.39, 0.29) is 5.52 Å².